The Morgan fingerprint density at radius 3 is 3.00 bits per heavy atom. The van der Waals surface area contributed by atoms with Crippen molar-refractivity contribution in [3.8, 4) is 0 Å². The highest BCUT2D eigenvalue weighted by atomic mass is 16.4. The predicted octanol–water partition coefficient (Wildman–Crippen LogP) is 2.35. The highest BCUT2D eigenvalue weighted by Crippen LogP contribution is 2.17. The molecule has 1 aliphatic rings. The van der Waals surface area contributed by atoms with E-state index in [1.165, 1.54) is 19.3 Å². The fourth-order valence-corrected chi connectivity index (χ4v) is 2.82. The second-order valence-corrected chi connectivity index (χ2v) is 5.43. The summed E-state index contributed by atoms with van der Waals surface area (Å²) >= 11 is 0. The third kappa shape index (κ3) is 3.81. The lowest BCUT2D eigenvalue weighted by atomic mass is 10.0. The summed E-state index contributed by atoms with van der Waals surface area (Å²) in [5.74, 6) is -0.833. The SMILES string of the molecule is CCCC[C@H]1CNCCN1Cc1ccccc1C(=O)O. The van der Waals surface area contributed by atoms with Crippen molar-refractivity contribution >= 4 is 5.97 Å². The molecule has 20 heavy (non-hydrogen) atoms. The monoisotopic (exact) mass is 276 g/mol. The van der Waals surface area contributed by atoms with Gasteiger partial charge in [0.05, 0.1) is 5.56 Å². The lowest BCUT2D eigenvalue weighted by Crippen LogP contribution is -2.50. The topological polar surface area (TPSA) is 52.6 Å². The molecule has 1 fully saturated rings. The number of hydrogen-bond acceptors (Lipinski definition) is 3. The molecule has 0 aliphatic carbocycles. The molecule has 4 nitrogen and oxygen atoms in total. The summed E-state index contributed by atoms with van der Waals surface area (Å²) in [7, 11) is 0. The molecule has 0 aromatic heterocycles. The molecular formula is C16H24N2O2. The molecule has 0 radical (unpaired) electrons. The Morgan fingerprint density at radius 1 is 1.45 bits per heavy atom. The van der Waals surface area contributed by atoms with Crippen LogP contribution in [0.4, 0.5) is 0 Å². The van der Waals surface area contributed by atoms with Gasteiger partial charge in [0, 0.05) is 32.2 Å². The molecule has 0 unspecified atom stereocenters. The number of carbonyl (C=O) groups is 1. The van der Waals surface area contributed by atoms with Crippen molar-refractivity contribution in [1.29, 1.82) is 0 Å². The van der Waals surface area contributed by atoms with Gasteiger partial charge in [-0.05, 0) is 18.1 Å². The van der Waals surface area contributed by atoms with Gasteiger partial charge in [0.25, 0.3) is 0 Å². The van der Waals surface area contributed by atoms with E-state index in [1.807, 2.05) is 12.1 Å². The number of unbranched alkanes of at least 4 members (excludes halogenated alkanes) is 1. The van der Waals surface area contributed by atoms with E-state index in [9.17, 15) is 9.90 Å². The average molecular weight is 276 g/mol. The number of aromatic carboxylic acids is 1. The molecule has 2 N–H and O–H groups in total. The Morgan fingerprint density at radius 2 is 2.25 bits per heavy atom. The number of nitrogens with one attached hydrogen (secondary N) is 1. The van der Waals surface area contributed by atoms with E-state index in [0.29, 0.717) is 11.6 Å². The largest absolute Gasteiger partial charge is 0.478 e. The fourth-order valence-electron chi connectivity index (χ4n) is 2.82. The Labute approximate surface area is 120 Å². The van der Waals surface area contributed by atoms with Crippen LogP contribution < -0.4 is 5.32 Å². The molecule has 1 aromatic carbocycles. The number of rotatable bonds is 6. The summed E-state index contributed by atoms with van der Waals surface area (Å²) in [6.07, 6.45) is 3.61. The number of carboxylic acids is 1. The summed E-state index contributed by atoms with van der Waals surface area (Å²) in [5, 5.41) is 12.7. The van der Waals surface area contributed by atoms with Gasteiger partial charge < -0.3 is 10.4 Å². The van der Waals surface area contributed by atoms with Crippen LogP contribution in [0.1, 0.15) is 42.1 Å². The second kappa shape index (κ2) is 7.41. The molecule has 110 valence electrons. The molecule has 0 spiro atoms. The number of hydrogen-bond donors (Lipinski definition) is 2. The summed E-state index contributed by atoms with van der Waals surface area (Å²) < 4.78 is 0. The van der Waals surface area contributed by atoms with Gasteiger partial charge >= 0.3 is 5.97 Å². The fraction of sp³-hybridized carbons (Fsp3) is 0.562. The van der Waals surface area contributed by atoms with Gasteiger partial charge in [-0.15, -0.1) is 0 Å². The summed E-state index contributed by atoms with van der Waals surface area (Å²) in [6, 6.07) is 7.86. The van der Waals surface area contributed by atoms with Gasteiger partial charge in [-0.25, -0.2) is 4.79 Å². The van der Waals surface area contributed by atoms with E-state index in [4.69, 9.17) is 0 Å². The predicted molar refractivity (Wildman–Crippen MR) is 80.0 cm³/mol. The maximum absolute atomic E-state index is 11.3. The second-order valence-electron chi connectivity index (χ2n) is 5.43. The smallest absolute Gasteiger partial charge is 0.336 e. The van der Waals surface area contributed by atoms with Crippen LogP contribution in [0, 0.1) is 0 Å². The van der Waals surface area contributed by atoms with Crippen LogP contribution in [0.5, 0.6) is 0 Å². The molecule has 0 amide bonds. The highest BCUT2D eigenvalue weighted by molar-refractivity contribution is 5.89. The van der Waals surface area contributed by atoms with E-state index in [0.717, 1.165) is 31.7 Å². The highest BCUT2D eigenvalue weighted by Gasteiger charge is 2.23. The first kappa shape index (κ1) is 15.0. The Hall–Kier alpha value is -1.39. The van der Waals surface area contributed by atoms with Gasteiger partial charge in [0.15, 0.2) is 0 Å². The van der Waals surface area contributed by atoms with Crippen LogP contribution >= 0.6 is 0 Å². The maximum Gasteiger partial charge on any atom is 0.336 e. The molecular weight excluding hydrogens is 252 g/mol. The van der Waals surface area contributed by atoms with Crippen LogP contribution in [0.25, 0.3) is 0 Å². The first-order chi connectivity index (χ1) is 9.72. The van der Waals surface area contributed by atoms with Crippen LogP contribution in [-0.4, -0.2) is 41.7 Å². The maximum atomic E-state index is 11.3. The number of benzene rings is 1. The number of piperazine rings is 1. The van der Waals surface area contributed by atoms with Crippen molar-refractivity contribution in [2.75, 3.05) is 19.6 Å². The van der Waals surface area contributed by atoms with Crippen molar-refractivity contribution in [2.24, 2.45) is 0 Å². The molecule has 2 rings (SSSR count). The zero-order chi connectivity index (χ0) is 14.4. The van der Waals surface area contributed by atoms with E-state index in [1.54, 1.807) is 12.1 Å². The molecule has 1 saturated heterocycles. The molecule has 1 heterocycles. The van der Waals surface area contributed by atoms with Gasteiger partial charge in [0.1, 0.15) is 0 Å². The average Bonchev–Trinajstić information content (AvgIpc) is 2.47. The molecule has 1 aliphatic heterocycles. The minimum Gasteiger partial charge on any atom is -0.478 e. The zero-order valence-electron chi connectivity index (χ0n) is 12.1. The lowest BCUT2D eigenvalue weighted by Gasteiger charge is -2.36. The van der Waals surface area contributed by atoms with Crippen molar-refractivity contribution in [3.05, 3.63) is 35.4 Å². The third-order valence-electron chi connectivity index (χ3n) is 3.98. The third-order valence-corrected chi connectivity index (χ3v) is 3.98. The van der Waals surface area contributed by atoms with Crippen LogP contribution in [-0.2, 0) is 6.54 Å². The Balaban J connectivity index is 2.08. The van der Waals surface area contributed by atoms with Gasteiger partial charge in [-0.2, -0.15) is 0 Å². The number of carboxylic acid groups (broad SMARTS) is 1. The van der Waals surface area contributed by atoms with Crippen molar-refractivity contribution in [3.63, 3.8) is 0 Å². The van der Waals surface area contributed by atoms with E-state index < -0.39 is 5.97 Å². The minimum absolute atomic E-state index is 0.431. The first-order valence-electron chi connectivity index (χ1n) is 7.48. The minimum atomic E-state index is -0.833. The van der Waals surface area contributed by atoms with Crippen LogP contribution in [0.2, 0.25) is 0 Å². The molecule has 1 aromatic rings. The van der Waals surface area contributed by atoms with Crippen LogP contribution in [0.3, 0.4) is 0 Å². The molecule has 0 bridgehead atoms. The molecule has 4 heteroatoms. The van der Waals surface area contributed by atoms with E-state index in [2.05, 4.69) is 17.1 Å². The summed E-state index contributed by atoms with van der Waals surface area (Å²) in [5.41, 5.74) is 1.35. The molecule has 0 saturated carbocycles. The lowest BCUT2D eigenvalue weighted by molar-refractivity contribution is 0.0692. The van der Waals surface area contributed by atoms with Gasteiger partial charge in [-0.3, -0.25) is 4.90 Å². The quantitative estimate of drug-likeness (QED) is 0.837. The van der Waals surface area contributed by atoms with E-state index >= 15 is 0 Å². The number of nitrogens with zero attached hydrogens (tertiary/aromatic N) is 1. The van der Waals surface area contributed by atoms with E-state index in [-0.39, 0.29) is 0 Å². The van der Waals surface area contributed by atoms with Crippen molar-refractivity contribution in [1.82, 2.24) is 10.2 Å². The molecule has 1 atom stereocenters. The Bertz CT molecular complexity index is 448. The first-order valence-corrected chi connectivity index (χ1v) is 7.48. The van der Waals surface area contributed by atoms with Crippen LogP contribution in [0.15, 0.2) is 24.3 Å². The standard InChI is InChI=1S/C16H24N2O2/c1-2-3-7-14-11-17-9-10-18(14)12-13-6-4-5-8-15(13)16(19)20/h4-6,8,14,17H,2-3,7,9-12H2,1H3,(H,19,20)/t14-/m0/s1. The summed E-state index contributed by atoms with van der Waals surface area (Å²) in [6.45, 7) is 5.92. The Kier molecular flexibility index (Phi) is 5.56. The van der Waals surface area contributed by atoms with Crippen molar-refractivity contribution < 1.29 is 9.90 Å². The van der Waals surface area contributed by atoms with Crippen molar-refractivity contribution in [2.45, 2.75) is 38.8 Å². The zero-order valence-corrected chi connectivity index (χ0v) is 12.1. The summed E-state index contributed by atoms with van der Waals surface area (Å²) in [4.78, 5) is 13.7. The normalized spacial score (nSPS) is 19.9. The van der Waals surface area contributed by atoms with Gasteiger partial charge in [0.2, 0.25) is 0 Å². The van der Waals surface area contributed by atoms with Gasteiger partial charge in [-0.1, -0.05) is 38.0 Å².